The van der Waals surface area contributed by atoms with Gasteiger partial charge in [0.2, 0.25) is 0 Å². The van der Waals surface area contributed by atoms with Crippen LogP contribution in [0.3, 0.4) is 0 Å². The molecule has 0 saturated heterocycles. The van der Waals surface area contributed by atoms with E-state index >= 15 is 0 Å². The lowest BCUT2D eigenvalue weighted by Crippen LogP contribution is -2.26. The van der Waals surface area contributed by atoms with E-state index in [0.717, 1.165) is 12.8 Å². The highest BCUT2D eigenvalue weighted by molar-refractivity contribution is 5.89. The molecule has 67 heavy (non-hydrogen) atoms. The Morgan fingerprint density at radius 1 is 0.403 bits per heavy atom. The minimum atomic E-state index is -0.110. The van der Waals surface area contributed by atoms with Gasteiger partial charge in [0.25, 0.3) is 0 Å². The van der Waals surface area contributed by atoms with Gasteiger partial charge in [0.1, 0.15) is 0 Å². The highest BCUT2D eigenvalue weighted by Crippen LogP contribution is 2.57. The minimum absolute atomic E-state index is 0.110. The molecular weight excluding hydrogens is 809 g/mol. The van der Waals surface area contributed by atoms with E-state index in [0.29, 0.717) is 0 Å². The van der Waals surface area contributed by atoms with Crippen LogP contribution < -0.4 is 9.80 Å². The number of hydrogen-bond acceptors (Lipinski definition) is 2. The minimum Gasteiger partial charge on any atom is -0.310 e. The standard InChI is InChI=1S/C65H74N2/c1-7-9-11-13-15-20-44-65(45-21-16-14-12-10-8-2)63-47-59(66(55-32-24-49(3)25-33-55)56-34-26-50(4)27-35-56)40-42-61(63)62-43-41-60(48-64(62)65)67(57-36-28-51(5)29-37-57)58-38-30-53(31-39-58)46-52(6)54-22-18-17-19-23-54/h17-19,22-43,46-48H,7-16,20-21,44-45H2,1-6H3. The van der Waals surface area contributed by atoms with E-state index in [-0.39, 0.29) is 5.41 Å². The summed E-state index contributed by atoms with van der Waals surface area (Å²) in [7, 11) is 0. The lowest BCUT2D eigenvalue weighted by atomic mass is 9.70. The van der Waals surface area contributed by atoms with Crippen LogP contribution in [0.2, 0.25) is 0 Å². The first-order valence-corrected chi connectivity index (χ1v) is 25.7. The van der Waals surface area contributed by atoms with Crippen LogP contribution in [-0.4, -0.2) is 0 Å². The fourth-order valence-corrected chi connectivity index (χ4v) is 10.6. The van der Waals surface area contributed by atoms with E-state index in [4.69, 9.17) is 0 Å². The summed E-state index contributed by atoms with van der Waals surface area (Å²) < 4.78 is 0. The summed E-state index contributed by atoms with van der Waals surface area (Å²) in [6.45, 7) is 13.4. The molecule has 0 spiro atoms. The molecule has 0 aliphatic heterocycles. The van der Waals surface area contributed by atoms with Gasteiger partial charge in [-0.15, -0.1) is 0 Å². The third-order valence-corrected chi connectivity index (χ3v) is 14.4. The Morgan fingerprint density at radius 2 is 0.761 bits per heavy atom. The molecule has 0 N–H and O–H groups in total. The van der Waals surface area contributed by atoms with E-state index in [1.54, 1.807) is 0 Å². The van der Waals surface area contributed by atoms with Crippen LogP contribution in [0.5, 0.6) is 0 Å². The first-order valence-electron chi connectivity index (χ1n) is 25.7. The molecule has 0 unspecified atom stereocenters. The molecule has 0 radical (unpaired) electrons. The Bertz CT molecular complexity index is 2610. The molecule has 0 atom stereocenters. The van der Waals surface area contributed by atoms with Crippen LogP contribution in [-0.2, 0) is 5.41 Å². The smallest absolute Gasteiger partial charge is 0.0465 e. The highest BCUT2D eigenvalue weighted by atomic mass is 15.1. The van der Waals surface area contributed by atoms with Gasteiger partial charge in [-0.1, -0.05) is 205 Å². The second kappa shape index (κ2) is 22.6. The molecule has 0 fully saturated rings. The molecule has 8 rings (SSSR count). The van der Waals surface area contributed by atoms with Crippen molar-refractivity contribution >= 4 is 45.8 Å². The van der Waals surface area contributed by atoms with Gasteiger partial charge in [0.05, 0.1) is 0 Å². The Morgan fingerprint density at radius 3 is 1.16 bits per heavy atom. The van der Waals surface area contributed by atoms with E-state index in [9.17, 15) is 0 Å². The number of nitrogens with zero attached hydrogens (tertiary/aromatic N) is 2. The fraction of sp³-hybridized carbons (Fsp3) is 0.323. The van der Waals surface area contributed by atoms with Gasteiger partial charge >= 0.3 is 0 Å². The molecule has 0 heterocycles. The van der Waals surface area contributed by atoms with Crippen molar-refractivity contribution in [3.8, 4) is 11.1 Å². The van der Waals surface area contributed by atoms with Crippen molar-refractivity contribution in [1.82, 2.24) is 0 Å². The van der Waals surface area contributed by atoms with E-state index in [1.165, 1.54) is 167 Å². The summed E-state index contributed by atoms with van der Waals surface area (Å²) in [6.07, 6.45) is 20.1. The first-order chi connectivity index (χ1) is 32.8. The first kappa shape index (κ1) is 47.4. The van der Waals surface area contributed by atoms with Crippen molar-refractivity contribution in [1.29, 1.82) is 0 Å². The maximum Gasteiger partial charge on any atom is 0.0465 e. The topological polar surface area (TPSA) is 6.48 Å². The largest absolute Gasteiger partial charge is 0.310 e. The van der Waals surface area contributed by atoms with Gasteiger partial charge in [-0.25, -0.2) is 0 Å². The molecule has 1 aliphatic carbocycles. The molecule has 0 aromatic heterocycles. The van der Waals surface area contributed by atoms with Gasteiger partial charge in [-0.05, 0) is 152 Å². The average molecular weight is 883 g/mol. The Balaban J connectivity index is 1.26. The molecule has 344 valence electrons. The number of rotatable bonds is 22. The molecule has 0 bridgehead atoms. The highest BCUT2D eigenvalue weighted by Gasteiger charge is 2.43. The number of unbranched alkanes of at least 4 members (excludes halogenated alkanes) is 10. The monoisotopic (exact) mass is 883 g/mol. The van der Waals surface area contributed by atoms with Crippen LogP contribution in [0.4, 0.5) is 34.1 Å². The van der Waals surface area contributed by atoms with Crippen molar-refractivity contribution in [2.24, 2.45) is 0 Å². The predicted molar refractivity (Wildman–Crippen MR) is 292 cm³/mol. The summed E-state index contributed by atoms with van der Waals surface area (Å²) in [5.41, 5.74) is 20.4. The number of anilines is 6. The number of hydrogen-bond donors (Lipinski definition) is 0. The van der Waals surface area contributed by atoms with Crippen molar-refractivity contribution in [3.05, 3.63) is 203 Å². The van der Waals surface area contributed by atoms with Crippen molar-refractivity contribution < 1.29 is 0 Å². The zero-order chi connectivity index (χ0) is 46.6. The third kappa shape index (κ3) is 11.2. The number of fused-ring (bicyclic) bond motifs is 3. The van der Waals surface area contributed by atoms with Gasteiger partial charge in [-0.3, -0.25) is 0 Å². The number of allylic oxidation sites excluding steroid dienone is 1. The van der Waals surface area contributed by atoms with Crippen LogP contribution in [0.15, 0.2) is 164 Å². The van der Waals surface area contributed by atoms with E-state index in [1.807, 2.05) is 0 Å². The Kier molecular flexibility index (Phi) is 16.0. The molecule has 1 aliphatic rings. The van der Waals surface area contributed by atoms with Crippen LogP contribution >= 0.6 is 0 Å². The summed E-state index contributed by atoms with van der Waals surface area (Å²) in [5.74, 6) is 0. The van der Waals surface area contributed by atoms with E-state index in [2.05, 4.69) is 221 Å². The quantitative estimate of drug-likeness (QED) is 0.0494. The summed E-state index contributed by atoms with van der Waals surface area (Å²) in [4.78, 5) is 4.97. The second-order valence-corrected chi connectivity index (χ2v) is 19.5. The molecule has 0 amide bonds. The lowest BCUT2D eigenvalue weighted by molar-refractivity contribution is 0.398. The van der Waals surface area contributed by atoms with Gasteiger partial charge < -0.3 is 9.80 Å². The molecular formula is C65H74N2. The zero-order valence-electron chi connectivity index (χ0n) is 41.5. The summed E-state index contributed by atoms with van der Waals surface area (Å²) >= 11 is 0. The Hall–Kier alpha value is -6.12. The molecule has 2 nitrogen and oxygen atoms in total. The number of benzene rings is 7. The normalized spacial score (nSPS) is 12.8. The summed E-state index contributed by atoms with van der Waals surface area (Å²) in [6, 6.07) is 62.0. The van der Waals surface area contributed by atoms with Gasteiger partial charge in [0, 0.05) is 39.5 Å². The molecule has 7 aromatic carbocycles. The van der Waals surface area contributed by atoms with Crippen molar-refractivity contribution in [2.45, 2.75) is 137 Å². The van der Waals surface area contributed by atoms with Crippen LogP contribution in [0.25, 0.3) is 22.8 Å². The third-order valence-electron chi connectivity index (χ3n) is 14.4. The van der Waals surface area contributed by atoms with Gasteiger partial charge in [0.15, 0.2) is 0 Å². The number of aryl methyl sites for hydroxylation is 3. The summed E-state index contributed by atoms with van der Waals surface area (Å²) in [5, 5.41) is 0. The fourth-order valence-electron chi connectivity index (χ4n) is 10.6. The molecule has 2 heteroatoms. The maximum absolute atomic E-state index is 2.61. The van der Waals surface area contributed by atoms with Crippen molar-refractivity contribution in [3.63, 3.8) is 0 Å². The van der Waals surface area contributed by atoms with Crippen molar-refractivity contribution in [2.75, 3.05) is 9.80 Å². The van der Waals surface area contributed by atoms with Gasteiger partial charge in [-0.2, -0.15) is 0 Å². The zero-order valence-corrected chi connectivity index (χ0v) is 41.5. The van der Waals surface area contributed by atoms with E-state index < -0.39 is 0 Å². The maximum atomic E-state index is 2.61. The average Bonchev–Trinajstić information content (AvgIpc) is 3.61. The van der Waals surface area contributed by atoms with Crippen LogP contribution in [0.1, 0.15) is 150 Å². The lowest BCUT2D eigenvalue weighted by Gasteiger charge is -2.35. The predicted octanol–water partition coefficient (Wildman–Crippen LogP) is 19.9. The SMILES string of the molecule is CCCCCCCCC1(CCCCCCCC)c2cc(N(c3ccc(C)cc3)c3ccc(C)cc3)ccc2-c2ccc(N(c3ccc(C)cc3)c3ccc(C=C(C)c4ccccc4)cc3)cc21. The molecule has 0 saturated carbocycles. The Labute approximate surface area is 404 Å². The second-order valence-electron chi connectivity index (χ2n) is 19.5. The van der Waals surface area contributed by atoms with Crippen LogP contribution in [0, 0.1) is 20.8 Å². The molecule has 7 aromatic rings.